The van der Waals surface area contributed by atoms with Crippen molar-refractivity contribution in [3.63, 3.8) is 0 Å². The normalized spacial score (nSPS) is 10.7. The molecule has 1 amide bonds. The van der Waals surface area contributed by atoms with Gasteiger partial charge in [0.2, 0.25) is 0 Å². The molecule has 2 aromatic rings. The van der Waals surface area contributed by atoms with Gasteiger partial charge < -0.3 is 4.90 Å². The van der Waals surface area contributed by atoms with E-state index in [2.05, 4.69) is 0 Å². The van der Waals surface area contributed by atoms with E-state index in [4.69, 9.17) is 0 Å². The van der Waals surface area contributed by atoms with Crippen LogP contribution in [0.4, 0.5) is 8.78 Å². The third-order valence-corrected chi connectivity index (χ3v) is 3.26. The Morgan fingerprint density at radius 1 is 1.00 bits per heavy atom. The fraction of sp³-hybridized carbons (Fsp3) is 0.235. The largest absolute Gasteiger partial charge is 0.332 e. The Morgan fingerprint density at radius 3 is 2.10 bits per heavy atom. The topological polar surface area (TPSA) is 20.3 Å². The summed E-state index contributed by atoms with van der Waals surface area (Å²) < 4.78 is 27.6. The van der Waals surface area contributed by atoms with Crippen molar-refractivity contribution >= 4 is 5.91 Å². The van der Waals surface area contributed by atoms with E-state index < -0.39 is 23.1 Å². The van der Waals surface area contributed by atoms with Gasteiger partial charge in [-0.2, -0.15) is 0 Å². The summed E-state index contributed by atoms with van der Waals surface area (Å²) in [4.78, 5) is 13.9. The predicted octanol–water partition coefficient (Wildman–Crippen LogP) is 4.02. The van der Waals surface area contributed by atoms with Gasteiger partial charge in [0.1, 0.15) is 17.2 Å². The van der Waals surface area contributed by atoms with Crippen molar-refractivity contribution < 1.29 is 13.6 Å². The van der Waals surface area contributed by atoms with Crippen molar-refractivity contribution in [3.05, 3.63) is 71.3 Å². The average Bonchev–Trinajstić information content (AvgIpc) is 2.45. The molecule has 0 atom stereocenters. The van der Waals surface area contributed by atoms with Crippen LogP contribution in [0.25, 0.3) is 0 Å². The maximum Gasteiger partial charge on any atom is 0.260 e. The summed E-state index contributed by atoms with van der Waals surface area (Å²) in [6.07, 6.45) is 0. The van der Waals surface area contributed by atoms with Crippen LogP contribution in [0.15, 0.2) is 48.5 Å². The Kier molecular flexibility index (Phi) is 4.68. The van der Waals surface area contributed by atoms with Gasteiger partial charge in [-0.05, 0) is 31.5 Å². The molecule has 0 heterocycles. The minimum Gasteiger partial charge on any atom is -0.332 e. The molecule has 0 fully saturated rings. The molecule has 0 aliphatic rings. The minimum absolute atomic E-state index is 0.170. The van der Waals surface area contributed by atoms with Crippen LogP contribution in [-0.4, -0.2) is 16.8 Å². The number of rotatable bonds is 4. The predicted molar refractivity (Wildman–Crippen MR) is 77.8 cm³/mol. The van der Waals surface area contributed by atoms with E-state index in [1.807, 2.05) is 44.2 Å². The lowest BCUT2D eigenvalue weighted by Crippen LogP contribution is -2.37. The minimum atomic E-state index is -0.835. The number of nitrogens with zero attached hydrogens (tertiary/aromatic N) is 1. The number of hydrogen-bond donors (Lipinski definition) is 0. The molecular weight excluding hydrogens is 272 g/mol. The van der Waals surface area contributed by atoms with Crippen LogP contribution in [0.1, 0.15) is 29.8 Å². The third kappa shape index (κ3) is 3.45. The molecule has 0 aromatic heterocycles. The van der Waals surface area contributed by atoms with E-state index in [-0.39, 0.29) is 6.04 Å². The molecule has 4 heteroatoms. The van der Waals surface area contributed by atoms with Gasteiger partial charge in [-0.15, -0.1) is 0 Å². The average molecular weight is 289 g/mol. The lowest BCUT2D eigenvalue weighted by Gasteiger charge is -2.27. The third-order valence-electron chi connectivity index (χ3n) is 3.26. The van der Waals surface area contributed by atoms with Gasteiger partial charge in [-0.1, -0.05) is 36.4 Å². The first kappa shape index (κ1) is 15.2. The van der Waals surface area contributed by atoms with E-state index in [0.717, 1.165) is 17.7 Å². The highest BCUT2D eigenvalue weighted by molar-refractivity contribution is 5.95. The summed E-state index contributed by atoms with van der Waals surface area (Å²) in [6, 6.07) is 12.6. The van der Waals surface area contributed by atoms with Gasteiger partial charge in [0.15, 0.2) is 0 Å². The van der Waals surface area contributed by atoms with Gasteiger partial charge in [-0.3, -0.25) is 4.79 Å². The van der Waals surface area contributed by atoms with Crippen molar-refractivity contribution in [1.29, 1.82) is 0 Å². The maximum atomic E-state index is 13.8. The number of carbonyl (C=O) groups excluding carboxylic acids is 1. The molecule has 0 unspecified atom stereocenters. The summed E-state index contributed by atoms with van der Waals surface area (Å²) in [5.74, 6) is -2.30. The van der Waals surface area contributed by atoms with E-state index in [1.165, 1.54) is 11.0 Å². The first-order chi connectivity index (χ1) is 10.0. The summed E-state index contributed by atoms with van der Waals surface area (Å²) >= 11 is 0. The molecule has 2 aromatic carbocycles. The highest BCUT2D eigenvalue weighted by atomic mass is 19.1. The zero-order valence-electron chi connectivity index (χ0n) is 12.0. The van der Waals surface area contributed by atoms with E-state index >= 15 is 0 Å². The Morgan fingerprint density at radius 2 is 1.57 bits per heavy atom. The molecule has 0 aliphatic heterocycles. The number of amides is 1. The highest BCUT2D eigenvalue weighted by Crippen LogP contribution is 2.18. The second-order valence-corrected chi connectivity index (χ2v) is 5.11. The van der Waals surface area contributed by atoms with Crippen LogP contribution in [-0.2, 0) is 6.54 Å². The second-order valence-electron chi connectivity index (χ2n) is 5.11. The Labute approximate surface area is 123 Å². The van der Waals surface area contributed by atoms with Gasteiger partial charge in [0.25, 0.3) is 5.91 Å². The van der Waals surface area contributed by atoms with Gasteiger partial charge in [0.05, 0.1) is 0 Å². The first-order valence-electron chi connectivity index (χ1n) is 6.79. The number of benzene rings is 2. The molecule has 2 rings (SSSR count). The molecule has 2 nitrogen and oxygen atoms in total. The molecule has 0 N–H and O–H groups in total. The van der Waals surface area contributed by atoms with Crippen LogP contribution < -0.4 is 0 Å². The fourth-order valence-corrected chi connectivity index (χ4v) is 2.11. The summed E-state index contributed by atoms with van der Waals surface area (Å²) in [5, 5.41) is 0. The molecule has 0 saturated carbocycles. The molecule has 110 valence electrons. The van der Waals surface area contributed by atoms with Crippen molar-refractivity contribution in [2.75, 3.05) is 0 Å². The highest BCUT2D eigenvalue weighted by Gasteiger charge is 2.24. The molecule has 0 saturated heterocycles. The fourth-order valence-electron chi connectivity index (χ4n) is 2.11. The zero-order valence-corrected chi connectivity index (χ0v) is 12.0. The summed E-state index contributed by atoms with van der Waals surface area (Å²) in [5.41, 5.74) is 0.415. The maximum absolute atomic E-state index is 13.8. The second kappa shape index (κ2) is 6.48. The van der Waals surface area contributed by atoms with E-state index in [0.29, 0.717) is 6.54 Å². The molecule has 21 heavy (non-hydrogen) atoms. The van der Waals surface area contributed by atoms with Crippen molar-refractivity contribution in [3.8, 4) is 0 Å². The van der Waals surface area contributed by atoms with Crippen molar-refractivity contribution in [2.24, 2.45) is 0 Å². The van der Waals surface area contributed by atoms with Gasteiger partial charge in [-0.25, -0.2) is 8.78 Å². The molecule has 0 spiro atoms. The molecule has 0 bridgehead atoms. The molecule has 0 radical (unpaired) electrons. The molecule has 0 aliphatic carbocycles. The van der Waals surface area contributed by atoms with Crippen LogP contribution in [0.2, 0.25) is 0 Å². The van der Waals surface area contributed by atoms with E-state index in [1.54, 1.807) is 0 Å². The monoisotopic (exact) mass is 289 g/mol. The number of hydrogen-bond acceptors (Lipinski definition) is 1. The number of carbonyl (C=O) groups is 1. The lowest BCUT2D eigenvalue weighted by atomic mass is 10.1. The molecular formula is C17H17F2NO. The Balaban J connectivity index is 2.32. The van der Waals surface area contributed by atoms with Crippen molar-refractivity contribution in [2.45, 2.75) is 26.4 Å². The van der Waals surface area contributed by atoms with Crippen LogP contribution in [0, 0.1) is 11.6 Å². The van der Waals surface area contributed by atoms with Gasteiger partial charge in [0, 0.05) is 12.6 Å². The zero-order chi connectivity index (χ0) is 15.4. The van der Waals surface area contributed by atoms with Gasteiger partial charge >= 0.3 is 0 Å². The smallest absolute Gasteiger partial charge is 0.260 e. The van der Waals surface area contributed by atoms with Crippen LogP contribution in [0.3, 0.4) is 0 Å². The first-order valence-corrected chi connectivity index (χ1v) is 6.79. The summed E-state index contributed by atoms with van der Waals surface area (Å²) in [7, 11) is 0. The van der Waals surface area contributed by atoms with E-state index in [9.17, 15) is 13.6 Å². The Hall–Kier alpha value is -2.23. The standard InChI is InChI=1S/C17H17F2NO/c1-12(2)20(11-13-7-4-3-5-8-13)17(21)16-14(18)9-6-10-15(16)19/h3-10,12H,11H2,1-2H3. The summed E-state index contributed by atoms with van der Waals surface area (Å²) in [6.45, 7) is 3.95. The SMILES string of the molecule is CC(C)N(Cc1ccccc1)C(=O)c1c(F)cccc1F. The van der Waals surface area contributed by atoms with Crippen LogP contribution >= 0.6 is 0 Å². The quantitative estimate of drug-likeness (QED) is 0.832. The Bertz CT molecular complexity index is 606. The lowest BCUT2D eigenvalue weighted by molar-refractivity contribution is 0.0680. The number of halogens is 2. The van der Waals surface area contributed by atoms with Crippen LogP contribution in [0.5, 0.6) is 0 Å². The van der Waals surface area contributed by atoms with Crippen molar-refractivity contribution in [1.82, 2.24) is 4.90 Å².